The lowest BCUT2D eigenvalue weighted by Gasteiger charge is -2.15. The first-order chi connectivity index (χ1) is 14.4. The Bertz CT molecular complexity index is 1560. The standard InChI is InChI=1S/C25H15ClO4/c1-13-6-8-17-22(10-13)30-24-18(9-7-14-11-21(27)20(26)12-19(14)24)23(17)15-4-2-3-5-16(15)25(28)29/h2-12H,1H3,(H,28,29). The topological polar surface area (TPSA) is 67.5 Å². The smallest absolute Gasteiger partial charge is 0.336 e. The summed E-state index contributed by atoms with van der Waals surface area (Å²) in [5, 5.41) is 12.9. The largest absolute Gasteiger partial charge is 0.478 e. The van der Waals surface area contributed by atoms with Crippen molar-refractivity contribution in [2.24, 2.45) is 0 Å². The summed E-state index contributed by atoms with van der Waals surface area (Å²) in [5.41, 5.74) is 3.54. The van der Waals surface area contributed by atoms with Crippen molar-refractivity contribution in [2.75, 3.05) is 0 Å². The zero-order chi connectivity index (χ0) is 21.0. The molecular formula is C25H15ClO4. The molecule has 1 aromatic heterocycles. The highest BCUT2D eigenvalue weighted by Gasteiger charge is 2.19. The number of hydrogen-bond acceptors (Lipinski definition) is 3. The number of benzene rings is 4. The number of hydrogen-bond donors (Lipinski definition) is 1. The van der Waals surface area contributed by atoms with Crippen LogP contribution in [0, 0.1) is 6.92 Å². The molecule has 1 heterocycles. The molecule has 0 aliphatic heterocycles. The summed E-state index contributed by atoms with van der Waals surface area (Å²) in [6, 6.07) is 19.5. The van der Waals surface area contributed by atoms with Gasteiger partial charge in [0.15, 0.2) is 5.43 Å². The van der Waals surface area contributed by atoms with E-state index in [1.165, 1.54) is 6.07 Å². The average Bonchev–Trinajstić information content (AvgIpc) is 2.73. The lowest BCUT2D eigenvalue weighted by Crippen LogP contribution is -2.01. The highest BCUT2D eigenvalue weighted by molar-refractivity contribution is 6.31. The Morgan fingerprint density at radius 2 is 1.70 bits per heavy atom. The molecule has 0 saturated heterocycles. The minimum Gasteiger partial charge on any atom is -0.478 e. The molecule has 0 aliphatic carbocycles. The lowest BCUT2D eigenvalue weighted by molar-refractivity contribution is 0.0697. The molecule has 5 heteroatoms. The maximum atomic E-state index is 12.0. The molecule has 30 heavy (non-hydrogen) atoms. The second-order valence-corrected chi connectivity index (χ2v) is 7.68. The summed E-state index contributed by atoms with van der Waals surface area (Å²) >= 11 is 6.12. The Labute approximate surface area is 175 Å². The van der Waals surface area contributed by atoms with E-state index in [1.807, 2.05) is 43.3 Å². The minimum atomic E-state index is -1.00. The number of aryl methyl sites for hydroxylation is 1. The second kappa shape index (κ2) is 6.71. The lowest BCUT2D eigenvalue weighted by atomic mass is 9.92. The number of carbonyl (C=O) groups is 1. The maximum absolute atomic E-state index is 12.0. The molecule has 1 N–H and O–H groups in total. The molecule has 0 bridgehead atoms. The van der Waals surface area contributed by atoms with Gasteiger partial charge in [0.1, 0.15) is 11.2 Å². The summed E-state index contributed by atoms with van der Waals surface area (Å²) in [7, 11) is 0. The third-order valence-corrected chi connectivity index (χ3v) is 5.63. The van der Waals surface area contributed by atoms with Crippen LogP contribution in [0.15, 0.2) is 75.9 Å². The van der Waals surface area contributed by atoms with E-state index in [9.17, 15) is 14.7 Å². The molecule has 0 saturated carbocycles. The molecule has 146 valence electrons. The fraction of sp³-hybridized carbons (Fsp3) is 0.0400. The van der Waals surface area contributed by atoms with Crippen molar-refractivity contribution < 1.29 is 14.3 Å². The minimum absolute atomic E-state index is 0.113. The van der Waals surface area contributed by atoms with Gasteiger partial charge in [-0.1, -0.05) is 48.0 Å². The zero-order valence-corrected chi connectivity index (χ0v) is 16.7. The van der Waals surface area contributed by atoms with Crippen LogP contribution in [0.2, 0.25) is 5.02 Å². The van der Waals surface area contributed by atoms with Crippen molar-refractivity contribution in [3.63, 3.8) is 0 Å². The molecular weight excluding hydrogens is 400 g/mol. The summed E-state index contributed by atoms with van der Waals surface area (Å²) in [4.78, 5) is 23.9. The van der Waals surface area contributed by atoms with Crippen LogP contribution in [0.1, 0.15) is 15.9 Å². The van der Waals surface area contributed by atoms with Gasteiger partial charge >= 0.3 is 5.97 Å². The predicted octanol–water partition coefficient (Wildman–Crippen LogP) is 6.43. The third-order valence-electron chi connectivity index (χ3n) is 5.34. The van der Waals surface area contributed by atoms with Crippen molar-refractivity contribution in [1.82, 2.24) is 0 Å². The summed E-state index contributed by atoms with van der Waals surface area (Å²) in [6.07, 6.45) is 0. The molecule has 0 fully saturated rings. The molecule has 5 rings (SSSR count). The van der Waals surface area contributed by atoms with E-state index in [0.29, 0.717) is 27.5 Å². The van der Waals surface area contributed by atoms with E-state index in [1.54, 1.807) is 24.3 Å². The SMILES string of the molecule is Cc1ccc2c(-c3ccccc3C(=O)O)c3ccc4cc(=O)c(Cl)cc4c3oc2c1. The van der Waals surface area contributed by atoms with E-state index in [0.717, 1.165) is 21.9 Å². The van der Waals surface area contributed by atoms with E-state index in [4.69, 9.17) is 16.0 Å². The summed E-state index contributed by atoms with van der Waals surface area (Å²) in [5.74, 6) is -1.00. The van der Waals surface area contributed by atoms with Gasteiger partial charge in [0, 0.05) is 21.7 Å². The van der Waals surface area contributed by atoms with Crippen molar-refractivity contribution in [2.45, 2.75) is 6.92 Å². The number of carboxylic acids is 1. The number of fused-ring (bicyclic) bond motifs is 4. The molecule has 0 unspecified atom stereocenters. The predicted molar refractivity (Wildman–Crippen MR) is 120 cm³/mol. The Morgan fingerprint density at radius 3 is 2.50 bits per heavy atom. The average molecular weight is 415 g/mol. The zero-order valence-electron chi connectivity index (χ0n) is 15.9. The van der Waals surface area contributed by atoms with Crippen molar-refractivity contribution in [3.05, 3.63) is 93.1 Å². The van der Waals surface area contributed by atoms with Crippen LogP contribution in [0.25, 0.3) is 43.8 Å². The Hall–Kier alpha value is -3.63. The summed E-state index contributed by atoms with van der Waals surface area (Å²) < 4.78 is 6.29. The molecule has 0 spiro atoms. The normalized spacial score (nSPS) is 11.4. The van der Waals surface area contributed by atoms with Gasteiger partial charge in [-0.2, -0.15) is 0 Å². The van der Waals surface area contributed by atoms with Gasteiger partial charge in [-0.15, -0.1) is 0 Å². The molecule has 4 nitrogen and oxygen atoms in total. The Kier molecular flexibility index (Phi) is 4.12. The van der Waals surface area contributed by atoms with Crippen LogP contribution in [0.3, 0.4) is 0 Å². The second-order valence-electron chi connectivity index (χ2n) is 7.27. The molecule has 0 atom stereocenters. The van der Waals surface area contributed by atoms with Crippen LogP contribution in [-0.2, 0) is 0 Å². The highest BCUT2D eigenvalue weighted by atomic mass is 35.5. The van der Waals surface area contributed by atoms with E-state index in [-0.39, 0.29) is 16.0 Å². The number of aromatic carboxylic acids is 1. The fourth-order valence-electron chi connectivity index (χ4n) is 3.96. The van der Waals surface area contributed by atoms with Crippen LogP contribution < -0.4 is 5.43 Å². The van der Waals surface area contributed by atoms with Crippen LogP contribution in [0.4, 0.5) is 0 Å². The van der Waals surface area contributed by atoms with Crippen LogP contribution in [0.5, 0.6) is 0 Å². The molecule has 0 radical (unpaired) electrons. The van der Waals surface area contributed by atoms with E-state index < -0.39 is 5.97 Å². The van der Waals surface area contributed by atoms with Crippen LogP contribution in [-0.4, -0.2) is 11.1 Å². The van der Waals surface area contributed by atoms with E-state index in [2.05, 4.69) is 0 Å². The van der Waals surface area contributed by atoms with Gasteiger partial charge < -0.3 is 9.52 Å². The first-order valence-corrected chi connectivity index (χ1v) is 9.74. The van der Waals surface area contributed by atoms with Gasteiger partial charge in [0.2, 0.25) is 0 Å². The molecule has 4 aromatic carbocycles. The number of halogens is 1. The van der Waals surface area contributed by atoms with Gasteiger partial charge in [-0.25, -0.2) is 4.79 Å². The molecule has 5 aromatic rings. The Morgan fingerprint density at radius 1 is 0.933 bits per heavy atom. The molecule has 0 aliphatic rings. The van der Waals surface area contributed by atoms with Crippen molar-refractivity contribution in [1.29, 1.82) is 0 Å². The monoisotopic (exact) mass is 414 g/mol. The van der Waals surface area contributed by atoms with E-state index >= 15 is 0 Å². The Balaban J connectivity index is 2.05. The fourth-order valence-corrected chi connectivity index (χ4v) is 4.12. The van der Waals surface area contributed by atoms with Gasteiger partial charge in [0.25, 0.3) is 0 Å². The maximum Gasteiger partial charge on any atom is 0.336 e. The molecule has 0 amide bonds. The number of carboxylic acid groups (broad SMARTS) is 1. The van der Waals surface area contributed by atoms with Gasteiger partial charge in [0.05, 0.1) is 10.6 Å². The van der Waals surface area contributed by atoms with Crippen molar-refractivity contribution >= 4 is 50.3 Å². The van der Waals surface area contributed by atoms with Crippen LogP contribution >= 0.6 is 11.6 Å². The summed E-state index contributed by atoms with van der Waals surface area (Å²) in [6.45, 7) is 1.97. The first-order valence-electron chi connectivity index (χ1n) is 9.36. The van der Waals surface area contributed by atoms with Gasteiger partial charge in [-0.3, -0.25) is 4.79 Å². The third kappa shape index (κ3) is 2.77. The number of rotatable bonds is 2. The quantitative estimate of drug-likeness (QED) is 0.267. The van der Waals surface area contributed by atoms with Crippen molar-refractivity contribution in [3.8, 4) is 11.1 Å². The first kappa shape index (κ1) is 18.4. The highest BCUT2D eigenvalue weighted by Crippen LogP contribution is 2.40. The van der Waals surface area contributed by atoms with Gasteiger partial charge in [-0.05, 0) is 53.8 Å².